The van der Waals surface area contributed by atoms with Crippen LogP contribution in [-0.2, 0) is 9.53 Å². The molecule has 0 spiro atoms. The number of ether oxygens (including phenoxy) is 1. The number of halogens is 1. The second kappa shape index (κ2) is 6.69. The van der Waals surface area contributed by atoms with Gasteiger partial charge in [0.15, 0.2) is 0 Å². The van der Waals surface area contributed by atoms with Gasteiger partial charge in [0.1, 0.15) is 6.10 Å². The van der Waals surface area contributed by atoms with E-state index in [1.807, 2.05) is 16.7 Å². The molecule has 1 aliphatic rings. The van der Waals surface area contributed by atoms with Crippen LogP contribution in [-0.4, -0.2) is 54.2 Å². The van der Waals surface area contributed by atoms with Crippen LogP contribution in [0.15, 0.2) is 0 Å². The molecule has 1 aliphatic heterocycles. The molecule has 0 aliphatic carbocycles. The summed E-state index contributed by atoms with van der Waals surface area (Å²) in [6.07, 6.45) is -0.483. The van der Waals surface area contributed by atoms with Gasteiger partial charge in [-0.15, -0.1) is 12.4 Å². The van der Waals surface area contributed by atoms with E-state index in [0.29, 0.717) is 0 Å². The van der Waals surface area contributed by atoms with Crippen molar-refractivity contribution in [2.75, 3.05) is 32.5 Å². The first kappa shape index (κ1) is 16.0. The van der Waals surface area contributed by atoms with E-state index < -0.39 is 6.10 Å². The molecule has 0 aromatic rings. The van der Waals surface area contributed by atoms with Gasteiger partial charge < -0.3 is 15.4 Å². The Labute approximate surface area is 108 Å². The molecule has 0 aromatic carbocycles. The monoisotopic (exact) mass is 268 g/mol. The zero-order valence-corrected chi connectivity index (χ0v) is 11.7. The van der Waals surface area contributed by atoms with Crippen LogP contribution in [0.4, 0.5) is 0 Å². The third kappa shape index (κ3) is 4.13. The van der Waals surface area contributed by atoms with E-state index in [1.54, 1.807) is 0 Å². The molecular formula is C10H21ClN2O2S. The first-order valence-electron chi connectivity index (χ1n) is 5.16. The molecular weight excluding hydrogens is 248 g/mol. The van der Waals surface area contributed by atoms with Crippen LogP contribution >= 0.6 is 24.2 Å². The topological polar surface area (TPSA) is 55.6 Å². The Morgan fingerprint density at radius 3 is 2.69 bits per heavy atom. The lowest BCUT2D eigenvalue weighted by Crippen LogP contribution is -2.51. The molecule has 0 aromatic heterocycles. The standard InChI is InChI=1S/C10H20N2O2S.ClH/c1-10(2)7-12(4-5-15-10)9(13)8(6-11)14-3;/h8H,4-7,11H2,1-3H3;1H. The van der Waals surface area contributed by atoms with Crippen molar-refractivity contribution in [3.05, 3.63) is 0 Å². The largest absolute Gasteiger partial charge is 0.370 e. The highest BCUT2D eigenvalue weighted by Crippen LogP contribution is 2.29. The molecule has 1 atom stereocenters. The Balaban J connectivity index is 0.00000225. The lowest BCUT2D eigenvalue weighted by Gasteiger charge is -2.38. The highest BCUT2D eigenvalue weighted by atomic mass is 35.5. The van der Waals surface area contributed by atoms with Gasteiger partial charge in [0, 0.05) is 37.2 Å². The Morgan fingerprint density at radius 1 is 1.62 bits per heavy atom. The van der Waals surface area contributed by atoms with Crippen molar-refractivity contribution in [2.45, 2.75) is 24.7 Å². The van der Waals surface area contributed by atoms with Gasteiger partial charge in [-0.3, -0.25) is 4.79 Å². The maximum absolute atomic E-state index is 12.0. The van der Waals surface area contributed by atoms with Crippen LogP contribution in [0.5, 0.6) is 0 Å². The number of nitrogens with zero attached hydrogens (tertiary/aromatic N) is 1. The van der Waals surface area contributed by atoms with Crippen molar-refractivity contribution >= 4 is 30.1 Å². The highest BCUT2D eigenvalue weighted by molar-refractivity contribution is 8.00. The number of carbonyl (C=O) groups is 1. The van der Waals surface area contributed by atoms with Crippen LogP contribution in [0.25, 0.3) is 0 Å². The maximum atomic E-state index is 12.0. The molecule has 0 bridgehead atoms. The number of nitrogens with two attached hydrogens (primary N) is 1. The number of carbonyl (C=O) groups excluding carboxylic acids is 1. The van der Waals surface area contributed by atoms with Crippen LogP contribution in [0.1, 0.15) is 13.8 Å². The van der Waals surface area contributed by atoms with E-state index >= 15 is 0 Å². The Hall–Kier alpha value is 0.0300. The third-order valence-electron chi connectivity index (χ3n) is 2.51. The minimum atomic E-state index is -0.483. The maximum Gasteiger partial charge on any atom is 0.253 e. The molecule has 1 rings (SSSR count). The van der Waals surface area contributed by atoms with Crippen molar-refractivity contribution in [2.24, 2.45) is 5.73 Å². The van der Waals surface area contributed by atoms with Crippen LogP contribution in [0.3, 0.4) is 0 Å². The van der Waals surface area contributed by atoms with Crippen molar-refractivity contribution in [3.8, 4) is 0 Å². The molecule has 0 saturated carbocycles. The second-order valence-corrected chi connectivity index (χ2v) is 6.13. The van der Waals surface area contributed by atoms with E-state index in [2.05, 4.69) is 13.8 Å². The van der Waals surface area contributed by atoms with E-state index in [1.165, 1.54) is 7.11 Å². The molecule has 6 heteroatoms. The molecule has 16 heavy (non-hydrogen) atoms. The SMILES string of the molecule is COC(CN)C(=O)N1CCSC(C)(C)C1.Cl. The fourth-order valence-corrected chi connectivity index (χ4v) is 2.82. The van der Waals surface area contributed by atoms with Gasteiger partial charge in [-0.2, -0.15) is 11.8 Å². The van der Waals surface area contributed by atoms with Crippen molar-refractivity contribution in [1.82, 2.24) is 4.90 Å². The van der Waals surface area contributed by atoms with Crippen LogP contribution in [0, 0.1) is 0 Å². The van der Waals surface area contributed by atoms with Crippen molar-refractivity contribution in [1.29, 1.82) is 0 Å². The molecule has 96 valence electrons. The van der Waals surface area contributed by atoms with Gasteiger partial charge in [0.2, 0.25) is 0 Å². The van der Waals surface area contributed by atoms with Gasteiger partial charge in [-0.1, -0.05) is 0 Å². The van der Waals surface area contributed by atoms with Crippen molar-refractivity contribution < 1.29 is 9.53 Å². The Kier molecular flexibility index (Phi) is 6.70. The van der Waals surface area contributed by atoms with E-state index in [0.717, 1.165) is 18.8 Å². The Morgan fingerprint density at radius 2 is 2.25 bits per heavy atom. The summed E-state index contributed by atoms with van der Waals surface area (Å²) in [5, 5.41) is 0. The predicted octanol–water partition coefficient (Wildman–Crippen LogP) is 0.736. The number of hydrogen-bond donors (Lipinski definition) is 1. The predicted molar refractivity (Wildman–Crippen MR) is 70.2 cm³/mol. The van der Waals surface area contributed by atoms with Gasteiger partial charge >= 0.3 is 0 Å². The third-order valence-corrected chi connectivity index (χ3v) is 3.81. The summed E-state index contributed by atoms with van der Waals surface area (Å²) in [6, 6.07) is 0. The smallest absolute Gasteiger partial charge is 0.253 e. The molecule has 1 heterocycles. The summed E-state index contributed by atoms with van der Waals surface area (Å²) >= 11 is 1.90. The normalized spacial score (nSPS) is 21.1. The molecule has 1 saturated heterocycles. The second-order valence-electron chi connectivity index (χ2n) is 4.33. The minimum Gasteiger partial charge on any atom is -0.370 e. The summed E-state index contributed by atoms with van der Waals surface area (Å²) in [5.41, 5.74) is 5.48. The molecule has 1 fully saturated rings. The number of methoxy groups -OCH3 is 1. The van der Waals surface area contributed by atoms with E-state index in [9.17, 15) is 4.79 Å². The summed E-state index contributed by atoms with van der Waals surface area (Å²) in [4.78, 5) is 13.8. The van der Waals surface area contributed by atoms with Crippen LogP contribution in [0.2, 0.25) is 0 Å². The zero-order valence-electron chi connectivity index (χ0n) is 10.1. The number of rotatable bonds is 3. The van der Waals surface area contributed by atoms with Gasteiger partial charge in [-0.05, 0) is 13.8 Å². The summed E-state index contributed by atoms with van der Waals surface area (Å²) in [7, 11) is 1.53. The van der Waals surface area contributed by atoms with E-state index in [-0.39, 0.29) is 29.6 Å². The highest BCUT2D eigenvalue weighted by Gasteiger charge is 2.32. The quantitative estimate of drug-likeness (QED) is 0.820. The summed E-state index contributed by atoms with van der Waals surface area (Å²) in [6.45, 7) is 6.13. The van der Waals surface area contributed by atoms with Gasteiger partial charge in [0.05, 0.1) is 0 Å². The molecule has 0 radical (unpaired) electrons. The fourth-order valence-electron chi connectivity index (χ4n) is 1.71. The van der Waals surface area contributed by atoms with Crippen LogP contribution < -0.4 is 5.73 Å². The van der Waals surface area contributed by atoms with Gasteiger partial charge in [-0.25, -0.2) is 0 Å². The molecule has 1 amide bonds. The first-order valence-corrected chi connectivity index (χ1v) is 6.14. The lowest BCUT2D eigenvalue weighted by molar-refractivity contribution is -0.141. The molecule has 1 unspecified atom stereocenters. The fraction of sp³-hybridized carbons (Fsp3) is 0.900. The minimum absolute atomic E-state index is 0. The average molecular weight is 269 g/mol. The lowest BCUT2D eigenvalue weighted by atomic mass is 10.1. The Bertz CT molecular complexity index is 235. The number of amides is 1. The molecule has 4 nitrogen and oxygen atoms in total. The first-order chi connectivity index (χ1) is 7.00. The summed E-state index contributed by atoms with van der Waals surface area (Å²) in [5.74, 6) is 1.01. The summed E-state index contributed by atoms with van der Waals surface area (Å²) < 4.78 is 5.20. The van der Waals surface area contributed by atoms with Gasteiger partial charge in [0.25, 0.3) is 5.91 Å². The van der Waals surface area contributed by atoms with Crippen molar-refractivity contribution in [3.63, 3.8) is 0 Å². The zero-order chi connectivity index (χ0) is 11.5. The number of hydrogen-bond acceptors (Lipinski definition) is 4. The molecule has 2 N–H and O–H groups in total. The van der Waals surface area contributed by atoms with E-state index in [4.69, 9.17) is 10.5 Å². The number of thioether (sulfide) groups is 1. The average Bonchev–Trinajstić information content (AvgIpc) is 2.18.